The molecular formula is C9H21N3OS. The topological polar surface area (TPSA) is 81.1 Å². The normalized spacial score (nSPS) is 14.9. The van der Waals surface area contributed by atoms with E-state index in [0.717, 1.165) is 19.4 Å². The number of carbonyl (C=O) groups excluding carboxylic acids is 1. The van der Waals surface area contributed by atoms with Crippen molar-refractivity contribution in [2.45, 2.75) is 43.6 Å². The fourth-order valence-electron chi connectivity index (χ4n) is 1.17. The fraction of sp³-hybridized carbons (Fsp3) is 0.889. The van der Waals surface area contributed by atoms with Gasteiger partial charge in [0.25, 0.3) is 0 Å². The minimum Gasteiger partial charge on any atom is -0.330 e. The predicted molar refractivity (Wildman–Crippen MR) is 61.8 cm³/mol. The van der Waals surface area contributed by atoms with Gasteiger partial charge in [-0.3, -0.25) is 10.2 Å². The molecule has 0 aliphatic heterocycles. The van der Waals surface area contributed by atoms with Crippen molar-refractivity contribution < 1.29 is 4.79 Å². The first-order valence-electron chi connectivity index (χ1n) is 4.95. The highest BCUT2D eigenvalue weighted by molar-refractivity contribution is 8.00. The number of nitrogens with one attached hydrogen (secondary N) is 1. The Balaban J connectivity index is 3.54. The van der Waals surface area contributed by atoms with E-state index in [4.69, 9.17) is 11.6 Å². The maximum absolute atomic E-state index is 10.9. The van der Waals surface area contributed by atoms with Gasteiger partial charge in [0.1, 0.15) is 0 Å². The molecule has 0 aromatic heterocycles. The van der Waals surface area contributed by atoms with E-state index in [1.165, 1.54) is 0 Å². The molecule has 1 amide bonds. The van der Waals surface area contributed by atoms with Gasteiger partial charge in [-0.15, -0.1) is 0 Å². The van der Waals surface area contributed by atoms with Crippen LogP contribution in [-0.2, 0) is 4.79 Å². The SMILES string of the molecule is CC(CCN)SC(C)CCC(=O)NN. The number of nitrogens with two attached hydrogens (primary N) is 2. The molecule has 0 radical (unpaired) electrons. The van der Waals surface area contributed by atoms with E-state index in [1.807, 2.05) is 11.8 Å². The van der Waals surface area contributed by atoms with Crippen LogP contribution >= 0.6 is 11.8 Å². The molecule has 0 aliphatic carbocycles. The van der Waals surface area contributed by atoms with Crippen molar-refractivity contribution in [1.82, 2.24) is 5.43 Å². The van der Waals surface area contributed by atoms with Crippen LogP contribution in [0.25, 0.3) is 0 Å². The second-order valence-electron chi connectivity index (χ2n) is 3.44. The van der Waals surface area contributed by atoms with Gasteiger partial charge in [0.15, 0.2) is 0 Å². The molecule has 0 rings (SSSR count). The van der Waals surface area contributed by atoms with Crippen LogP contribution in [0.1, 0.15) is 33.1 Å². The molecule has 0 spiro atoms. The third-order valence-corrected chi connectivity index (χ3v) is 3.38. The largest absolute Gasteiger partial charge is 0.330 e. The summed E-state index contributed by atoms with van der Waals surface area (Å²) in [6, 6.07) is 0. The maximum atomic E-state index is 10.9. The lowest BCUT2D eigenvalue weighted by atomic mass is 10.2. The average Bonchev–Trinajstić information content (AvgIpc) is 2.14. The molecule has 5 N–H and O–H groups in total. The van der Waals surface area contributed by atoms with Gasteiger partial charge in [0, 0.05) is 16.9 Å². The number of amides is 1. The van der Waals surface area contributed by atoms with Crippen molar-refractivity contribution in [3.05, 3.63) is 0 Å². The van der Waals surface area contributed by atoms with Crippen LogP contribution in [0.3, 0.4) is 0 Å². The minimum atomic E-state index is -0.0936. The van der Waals surface area contributed by atoms with Crippen molar-refractivity contribution in [3.63, 3.8) is 0 Å². The average molecular weight is 219 g/mol. The zero-order chi connectivity index (χ0) is 11.0. The quantitative estimate of drug-likeness (QED) is 0.333. The Bertz CT molecular complexity index is 166. The Kier molecular flexibility index (Phi) is 7.93. The van der Waals surface area contributed by atoms with Crippen molar-refractivity contribution >= 4 is 17.7 Å². The van der Waals surface area contributed by atoms with Gasteiger partial charge in [-0.05, 0) is 19.4 Å². The lowest BCUT2D eigenvalue weighted by molar-refractivity contribution is -0.121. The summed E-state index contributed by atoms with van der Waals surface area (Å²) >= 11 is 1.88. The van der Waals surface area contributed by atoms with Gasteiger partial charge in [0.05, 0.1) is 0 Å². The zero-order valence-corrected chi connectivity index (χ0v) is 9.77. The summed E-state index contributed by atoms with van der Waals surface area (Å²) in [5, 5.41) is 1.05. The summed E-state index contributed by atoms with van der Waals surface area (Å²) in [7, 11) is 0. The number of hydrogen-bond acceptors (Lipinski definition) is 4. The first-order chi connectivity index (χ1) is 6.60. The molecule has 14 heavy (non-hydrogen) atoms. The van der Waals surface area contributed by atoms with Crippen LogP contribution in [0.2, 0.25) is 0 Å². The number of hydrogen-bond donors (Lipinski definition) is 3. The second-order valence-corrected chi connectivity index (χ2v) is 5.32. The van der Waals surface area contributed by atoms with E-state index < -0.39 is 0 Å². The van der Waals surface area contributed by atoms with E-state index in [2.05, 4.69) is 19.3 Å². The first kappa shape index (κ1) is 13.7. The van der Waals surface area contributed by atoms with Crippen molar-refractivity contribution in [2.75, 3.05) is 6.54 Å². The van der Waals surface area contributed by atoms with E-state index in [9.17, 15) is 4.79 Å². The van der Waals surface area contributed by atoms with Crippen LogP contribution in [0.5, 0.6) is 0 Å². The Morgan fingerprint density at radius 3 is 2.43 bits per heavy atom. The van der Waals surface area contributed by atoms with Gasteiger partial charge >= 0.3 is 0 Å². The van der Waals surface area contributed by atoms with E-state index >= 15 is 0 Å². The molecule has 4 nitrogen and oxygen atoms in total. The Hall–Kier alpha value is -0.260. The van der Waals surface area contributed by atoms with E-state index in [0.29, 0.717) is 16.9 Å². The fourth-order valence-corrected chi connectivity index (χ4v) is 2.49. The highest BCUT2D eigenvalue weighted by Crippen LogP contribution is 2.22. The Morgan fingerprint density at radius 1 is 1.36 bits per heavy atom. The van der Waals surface area contributed by atoms with E-state index in [1.54, 1.807) is 0 Å². The lowest BCUT2D eigenvalue weighted by Gasteiger charge is -2.15. The summed E-state index contributed by atoms with van der Waals surface area (Å²) in [6.45, 7) is 5.02. The molecule has 84 valence electrons. The maximum Gasteiger partial charge on any atom is 0.233 e. The van der Waals surface area contributed by atoms with Gasteiger partial charge in [-0.2, -0.15) is 11.8 Å². The minimum absolute atomic E-state index is 0.0936. The molecule has 5 heteroatoms. The number of rotatable bonds is 7. The predicted octanol–water partition coefficient (Wildman–Crippen LogP) is 0.616. The first-order valence-corrected chi connectivity index (χ1v) is 5.89. The Morgan fingerprint density at radius 2 is 1.93 bits per heavy atom. The summed E-state index contributed by atoms with van der Waals surface area (Å²) < 4.78 is 0. The van der Waals surface area contributed by atoms with Crippen LogP contribution in [0, 0.1) is 0 Å². The molecule has 0 heterocycles. The summed E-state index contributed by atoms with van der Waals surface area (Å²) in [4.78, 5) is 10.9. The third-order valence-electron chi connectivity index (χ3n) is 1.98. The molecule has 0 aromatic carbocycles. The lowest BCUT2D eigenvalue weighted by Crippen LogP contribution is -2.30. The molecule has 2 unspecified atom stereocenters. The van der Waals surface area contributed by atoms with Crippen molar-refractivity contribution in [1.29, 1.82) is 0 Å². The molecular weight excluding hydrogens is 198 g/mol. The molecule has 0 aliphatic rings. The van der Waals surface area contributed by atoms with Crippen molar-refractivity contribution in [3.8, 4) is 0 Å². The molecule has 0 saturated carbocycles. The van der Waals surface area contributed by atoms with Gasteiger partial charge in [0.2, 0.25) is 5.91 Å². The van der Waals surface area contributed by atoms with E-state index in [-0.39, 0.29) is 5.91 Å². The van der Waals surface area contributed by atoms with Gasteiger partial charge < -0.3 is 5.73 Å². The van der Waals surface area contributed by atoms with Crippen molar-refractivity contribution in [2.24, 2.45) is 11.6 Å². The standard InChI is InChI=1S/C9H21N3OS/c1-7(3-4-9(13)12-11)14-8(2)5-6-10/h7-8H,3-6,10-11H2,1-2H3,(H,12,13). The molecule has 2 atom stereocenters. The second kappa shape index (κ2) is 8.08. The molecule has 0 saturated heterocycles. The molecule has 0 bridgehead atoms. The highest BCUT2D eigenvalue weighted by Gasteiger charge is 2.10. The number of carbonyl (C=O) groups is 1. The zero-order valence-electron chi connectivity index (χ0n) is 8.95. The van der Waals surface area contributed by atoms with Crippen LogP contribution in [-0.4, -0.2) is 23.0 Å². The van der Waals surface area contributed by atoms with Crippen LogP contribution < -0.4 is 17.0 Å². The summed E-state index contributed by atoms with van der Waals surface area (Å²) in [5.41, 5.74) is 7.59. The number of thioether (sulfide) groups is 1. The monoisotopic (exact) mass is 219 g/mol. The van der Waals surface area contributed by atoms with Gasteiger partial charge in [-0.1, -0.05) is 13.8 Å². The number of hydrazine groups is 1. The third kappa shape index (κ3) is 7.17. The smallest absolute Gasteiger partial charge is 0.233 e. The highest BCUT2D eigenvalue weighted by atomic mass is 32.2. The van der Waals surface area contributed by atoms with Gasteiger partial charge in [-0.25, -0.2) is 5.84 Å². The molecule has 0 aromatic rings. The summed E-state index contributed by atoms with van der Waals surface area (Å²) in [5.74, 6) is 4.89. The van der Waals surface area contributed by atoms with Crippen LogP contribution in [0.15, 0.2) is 0 Å². The molecule has 0 fully saturated rings. The summed E-state index contributed by atoms with van der Waals surface area (Å²) in [6.07, 6.45) is 2.39. The van der Waals surface area contributed by atoms with Crippen LogP contribution in [0.4, 0.5) is 0 Å². The Labute approximate surface area is 90.1 Å².